The zero-order valence-corrected chi connectivity index (χ0v) is 24.5. The number of ether oxygens (including phenoxy) is 3. The predicted octanol–water partition coefficient (Wildman–Crippen LogP) is 4.46. The Balaban J connectivity index is 1.17. The number of nitrogens with one attached hydrogen (secondary N) is 3. The first-order valence-corrected chi connectivity index (χ1v) is 15.0. The second-order valence-electron chi connectivity index (χ2n) is 12.8. The molecule has 4 aliphatic rings. The van der Waals surface area contributed by atoms with Crippen molar-refractivity contribution in [3.05, 3.63) is 35.9 Å². The molecule has 0 spiro atoms. The number of esters is 1. The first-order chi connectivity index (χ1) is 19.6. The summed E-state index contributed by atoms with van der Waals surface area (Å²) < 4.78 is 16.4. The van der Waals surface area contributed by atoms with Gasteiger partial charge in [0.25, 0.3) is 0 Å². The van der Waals surface area contributed by atoms with Crippen LogP contribution in [0.1, 0.15) is 77.7 Å². The summed E-state index contributed by atoms with van der Waals surface area (Å²) in [6, 6.07) is 8.33. The van der Waals surface area contributed by atoms with Crippen molar-refractivity contribution in [1.82, 2.24) is 16.0 Å². The predicted molar refractivity (Wildman–Crippen MR) is 152 cm³/mol. The maximum Gasteiger partial charge on any atom is 0.408 e. The van der Waals surface area contributed by atoms with E-state index in [1.807, 2.05) is 30.3 Å². The van der Waals surface area contributed by atoms with Crippen LogP contribution >= 0.6 is 0 Å². The van der Waals surface area contributed by atoms with E-state index in [1.165, 1.54) is 32.1 Å². The van der Waals surface area contributed by atoms with Crippen LogP contribution in [0.2, 0.25) is 0 Å². The molecule has 0 radical (unpaired) electrons. The Labute approximate surface area is 242 Å². The molecule has 41 heavy (non-hydrogen) atoms. The largest absolute Gasteiger partial charge is 0.460 e. The highest BCUT2D eigenvalue weighted by molar-refractivity contribution is 5.88. The summed E-state index contributed by atoms with van der Waals surface area (Å²) in [7, 11) is 0. The standard InChI is InChI=1S/C31H45N3O7/c1-31(2,3)41-30(38)34-25(28(36)33-18-26(35)39-19-20-9-5-4-6-10-20)11-7-8-12-32-29(37)40-27-23-14-21-13-22(16-23)17-24(27)15-21/h4-6,9-10,21-25,27H,7-8,11-19H2,1-3H3,(H,32,37)(H,33,36)(H,34,38)/t21?,22?,23?,24?,25-,27?/m0/s1. The molecule has 4 saturated carbocycles. The molecule has 3 amide bonds. The normalized spacial score (nSPS) is 25.1. The lowest BCUT2D eigenvalue weighted by molar-refractivity contribution is -0.145. The van der Waals surface area contributed by atoms with E-state index in [4.69, 9.17) is 14.2 Å². The van der Waals surface area contributed by atoms with Crippen molar-refractivity contribution >= 4 is 24.1 Å². The van der Waals surface area contributed by atoms with Crippen LogP contribution in [0.4, 0.5) is 9.59 Å². The SMILES string of the molecule is CC(C)(C)OC(=O)N[C@@H](CCCCNC(=O)OC1C2CC3CC(C2)CC1C3)C(=O)NCC(=O)OCc1ccccc1. The van der Waals surface area contributed by atoms with Gasteiger partial charge in [-0.25, -0.2) is 9.59 Å². The third kappa shape index (κ3) is 9.64. The molecule has 1 atom stereocenters. The van der Waals surface area contributed by atoms with E-state index < -0.39 is 29.6 Å². The lowest BCUT2D eigenvalue weighted by Crippen LogP contribution is -2.51. The summed E-state index contributed by atoms with van der Waals surface area (Å²) in [6.45, 7) is 5.39. The monoisotopic (exact) mass is 571 g/mol. The van der Waals surface area contributed by atoms with Crippen molar-refractivity contribution in [2.75, 3.05) is 13.1 Å². The quantitative estimate of drug-likeness (QED) is 0.192. The minimum absolute atomic E-state index is 0.0355. The van der Waals surface area contributed by atoms with Crippen molar-refractivity contribution in [2.45, 2.75) is 96.5 Å². The lowest BCUT2D eigenvalue weighted by Gasteiger charge is -2.53. The van der Waals surface area contributed by atoms with Crippen molar-refractivity contribution in [2.24, 2.45) is 23.7 Å². The Bertz CT molecular complexity index is 1030. The van der Waals surface area contributed by atoms with Gasteiger partial charge in [0.1, 0.15) is 30.9 Å². The molecule has 226 valence electrons. The van der Waals surface area contributed by atoms with Gasteiger partial charge in [-0.15, -0.1) is 0 Å². The van der Waals surface area contributed by atoms with E-state index in [9.17, 15) is 19.2 Å². The van der Waals surface area contributed by atoms with Crippen LogP contribution in [0.3, 0.4) is 0 Å². The van der Waals surface area contributed by atoms with Gasteiger partial charge in [0, 0.05) is 6.54 Å². The Hall–Kier alpha value is -3.30. The molecule has 0 unspecified atom stereocenters. The zero-order chi connectivity index (χ0) is 29.4. The van der Waals surface area contributed by atoms with E-state index in [0.29, 0.717) is 37.6 Å². The first kappa shape index (κ1) is 30.7. The highest BCUT2D eigenvalue weighted by Gasteiger charge is 2.49. The minimum atomic E-state index is -0.910. The summed E-state index contributed by atoms with van der Waals surface area (Å²) >= 11 is 0. The second kappa shape index (κ2) is 14.0. The average molecular weight is 572 g/mol. The summed E-state index contributed by atoms with van der Waals surface area (Å²) in [5, 5.41) is 7.99. The van der Waals surface area contributed by atoms with Crippen molar-refractivity contribution in [3.8, 4) is 0 Å². The Morgan fingerprint density at radius 1 is 0.878 bits per heavy atom. The highest BCUT2D eigenvalue weighted by atomic mass is 16.6. The molecule has 4 aliphatic carbocycles. The minimum Gasteiger partial charge on any atom is -0.460 e. The van der Waals surface area contributed by atoms with Gasteiger partial charge in [-0.2, -0.15) is 0 Å². The highest BCUT2D eigenvalue weighted by Crippen LogP contribution is 2.54. The van der Waals surface area contributed by atoms with E-state index >= 15 is 0 Å². The Morgan fingerprint density at radius 2 is 1.54 bits per heavy atom. The zero-order valence-electron chi connectivity index (χ0n) is 24.5. The fourth-order valence-corrected chi connectivity index (χ4v) is 6.69. The van der Waals surface area contributed by atoms with Crippen molar-refractivity contribution in [3.63, 3.8) is 0 Å². The van der Waals surface area contributed by atoms with E-state index in [1.54, 1.807) is 20.8 Å². The van der Waals surface area contributed by atoms with E-state index in [0.717, 1.165) is 17.4 Å². The van der Waals surface area contributed by atoms with Gasteiger partial charge in [-0.3, -0.25) is 9.59 Å². The molecule has 10 heteroatoms. The fourth-order valence-electron chi connectivity index (χ4n) is 6.69. The molecule has 0 aliphatic heterocycles. The number of benzene rings is 1. The summed E-state index contributed by atoms with van der Waals surface area (Å²) in [6.07, 6.45) is 6.47. The number of hydrogen-bond acceptors (Lipinski definition) is 7. The molecule has 0 aromatic heterocycles. The van der Waals surface area contributed by atoms with Crippen molar-refractivity contribution < 1.29 is 33.4 Å². The molecule has 1 aromatic rings. The topological polar surface area (TPSA) is 132 Å². The van der Waals surface area contributed by atoms with Gasteiger partial charge in [0.15, 0.2) is 0 Å². The number of unbranched alkanes of at least 4 members (excludes halogenated alkanes) is 1. The summed E-state index contributed by atoms with van der Waals surface area (Å²) in [5.41, 5.74) is 0.112. The summed E-state index contributed by atoms with van der Waals surface area (Å²) in [4.78, 5) is 49.9. The average Bonchev–Trinajstić information content (AvgIpc) is 2.91. The molecule has 0 saturated heterocycles. The Kier molecular flexibility index (Phi) is 10.5. The van der Waals surface area contributed by atoms with Crippen LogP contribution in [-0.4, -0.2) is 54.9 Å². The van der Waals surface area contributed by atoms with Crippen molar-refractivity contribution in [1.29, 1.82) is 0 Å². The maximum atomic E-state index is 12.9. The summed E-state index contributed by atoms with van der Waals surface area (Å²) in [5.74, 6) is 1.55. The van der Waals surface area contributed by atoms with Crippen LogP contribution in [0.15, 0.2) is 30.3 Å². The molecule has 5 rings (SSSR count). The smallest absolute Gasteiger partial charge is 0.408 e. The van der Waals surface area contributed by atoms with Gasteiger partial charge in [-0.1, -0.05) is 30.3 Å². The van der Waals surface area contributed by atoms with Gasteiger partial charge in [0.2, 0.25) is 5.91 Å². The van der Waals surface area contributed by atoms with Crippen LogP contribution < -0.4 is 16.0 Å². The first-order valence-electron chi connectivity index (χ1n) is 15.0. The molecule has 4 fully saturated rings. The molecular weight excluding hydrogens is 526 g/mol. The van der Waals surface area contributed by atoms with Crippen LogP contribution in [-0.2, 0) is 30.4 Å². The van der Waals surface area contributed by atoms with E-state index in [2.05, 4.69) is 16.0 Å². The number of carbonyl (C=O) groups excluding carboxylic acids is 4. The molecule has 1 aromatic carbocycles. The molecule has 4 bridgehead atoms. The number of rotatable bonds is 12. The number of carbonyl (C=O) groups is 4. The second-order valence-corrected chi connectivity index (χ2v) is 12.8. The molecule has 3 N–H and O–H groups in total. The van der Waals surface area contributed by atoms with Crippen LogP contribution in [0.5, 0.6) is 0 Å². The Morgan fingerprint density at radius 3 is 2.17 bits per heavy atom. The van der Waals surface area contributed by atoms with Crippen LogP contribution in [0.25, 0.3) is 0 Å². The number of amides is 3. The molecule has 10 nitrogen and oxygen atoms in total. The third-order valence-electron chi connectivity index (χ3n) is 8.23. The number of hydrogen-bond donors (Lipinski definition) is 3. The molecular formula is C31H45N3O7. The lowest BCUT2D eigenvalue weighted by atomic mass is 9.55. The van der Waals surface area contributed by atoms with Gasteiger partial charge in [-0.05, 0) is 101 Å². The van der Waals surface area contributed by atoms with E-state index in [-0.39, 0.29) is 25.3 Å². The molecule has 0 heterocycles. The fraction of sp³-hybridized carbons (Fsp3) is 0.677. The number of alkyl carbamates (subject to hydrolysis) is 2. The van der Waals surface area contributed by atoms with Gasteiger partial charge in [0.05, 0.1) is 0 Å². The van der Waals surface area contributed by atoms with Gasteiger partial charge < -0.3 is 30.2 Å². The van der Waals surface area contributed by atoms with Crippen LogP contribution in [0, 0.1) is 23.7 Å². The third-order valence-corrected chi connectivity index (χ3v) is 8.23. The van der Waals surface area contributed by atoms with Gasteiger partial charge >= 0.3 is 18.2 Å². The maximum absolute atomic E-state index is 12.9.